The lowest BCUT2D eigenvalue weighted by Gasteiger charge is -2.62. The van der Waals surface area contributed by atoms with E-state index in [1.807, 2.05) is 0 Å². The standard InChI is InChI=1S/C27H40O5/c1-18(28)32-21(20-15-24(29)30-17-20)9-7-19-8-10-23-26(4)13-6-12-25(2,3)22(26)11-14-27(23,5)31-16-19/h7,15,17,21-23,29H,6,8-14,16H2,1-5H3/b19-7-/t21-,22-,23+,26-,27+/m0/s1. The zero-order valence-corrected chi connectivity index (χ0v) is 20.4. The summed E-state index contributed by atoms with van der Waals surface area (Å²) in [6.45, 7) is 11.9. The van der Waals surface area contributed by atoms with E-state index in [2.05, 4.69) is 33.8 Å². The van der Waals surface area contributed by atoms with Gasteiger partial charge in [0, 0.05) is 25.0 Å². The number of carbonyl (C=O) groups is 1. The Hall–Kier alpha value is -1.75. The number of fused-ring (bicyclic) bond motifs is 3. The molecule has 0 unspecified atom stereocenters. The Morgan fingerprint density at radius 2 is 2.00 bits per heavy atom. The Balaban J connectivity index is 1.51. The van der Waals surface area contributed by atoms with Crippen molar-refractivity contribution in [2.24, 2.45) is 22.7 Å². The van der Waals surface area contributed by atoms with Gasteiger partial charge in [-0.3, -0.25) is 4.79 Å². The molecule has 1 aliphatic heterocycles. The van der Waals surface area contributed by atoms with Crippen LogP contribution in [0, 0.1) is 22.7 Å². The Labute approximate surface area is 192 Å². The van der Waals surface area contributed by atoms with Crippen LogP contribution in [0.3, 0.4) is 0 Å². The van der Waals surface area contributed by atoms with Crippen molar-refractivity contribution < 1.29 is 23.8 Å². The van der Waals surface area contributed by atoms with Crippen LogP contribution >= 0.6 is 0 Å². The van der Waals surface area contributed by atoms with E-state index in [1.54, 1.807) is 0 Å². The van der Waals surface area contributed by atoms with E-state index in [0.717, 1.165) is 25.2 Å². The van der Waals surface area contributed by atoms with Crippen LogP contribution in [0.1, 0.15) is 97.7 Å². The van der Waals surface area contributed by atoms with E-state index in [9.17, 15) is 9.90 Å². The van der Waals surface area contributed by atoms with Crippen LogP contribution in [-0.2, 0) is 14.3 Å². The number of carbonyl (C=O) groups excluding carboxylic acids is 1. The number of hydrogen-bond donors (Lipinski definition) is 1. The summed E-state index contributed by atoms with van der Waals surface area (Å²) in [5.74, 6) is 0.814. The average Bonchev–Trinajstić information content (AvgIpc) is 3.04. The van der Waals surface area contributed by atoms with E-state index in [0.29, 0.717) is 35.3 Å². The van der Waals surface area contributed by atoms with Crippen molar-refractivity contribution in [1.82, 2.24) is 0 Å². The number of ether oxygens (including phenoxy) is 2. The topological polar surface area (TPSA) is 68.9 Å². The molecule has 1 aromatic heterocycles. The second kappa shape index (κ2) is 8.55. The second-order valence-electron chi connectivity index (χ2n) is 11.5. The zero-order valence-electron chi connectivity index (χ0n) is 20.4. The molecule has 3 aliphatic rings. The van der Waals surface area contributed by atoms with Crippen molar-refractivity contribution in [3.05, 3.63) is 29.5 Å². The quantitative estimate of drug-likeness (QED) is 0.412. The van der Waals surface area contributed by atoms with Crippen LogP contribution in [0.2, 0.25) is 0 Å². The SMILES string of the molecule is CC(=O)O[C@@H](C/C=C1/CC[C@@H]2[C@@]3(C)CCCC(C)(C)[C@@H]3CC[C@@]2(C)OC1)c1coc(O)c1. The fraction of sp³-hybridized carbons (Fsp3) is 0.741. The highest BCUT2D eigenvalue weighted by Crippen LogP contribution is 2.64. The van der Waals surface area contributed by atoms with Gasteiger partial charge in [0.2, 0.25) is 0 Å². The first-order chi connectivity index (χ1) is 15.0. The lowest BCUT2D eigenvalue weighted by molar-refractivity contribution is -0.183. The molecule has 5 nitrogen and oxygen atoms in total. The fourth-order valence-electron chi connectivity index (χ4n) is 7.47. The van der Waals surface area contributed by atoms with Crippen LogP contribution in [0.25, 0.3) is 0 Å². The highest BCUT2D eigenvalue weighted by molar-refractivity contribution is 5.66. The summed E-state index contributed by atoms with van der Waals surface area (Å²) in [4.78, 5) is 11.6. The normalized spacial score (nSPS) is 36.6. The molecule has 1 N–H and O–H groups in total. The minimum Gasteiger partial charge on any atom is -0.481 e. The molecule has 0 spiro atoms. The van der Waals surface area contributed by atoms with Crippen LogP contribution in [0.4, 0.5) is 0 Å². The van der Waals surface area contributed by atoms with Gasteiger partial charge in [0.25, 0.3) is 5.95 Å². The third-order valence-electron chi connectivity index (χ3n) is 8.99. The number of hydrogen-bond acceptors (Lipinski definition) is 5. The first-order valence-electron chi connectivity index (χ1n) is 12.3. The third kappa shape index (κ3) is 4.37. The monoisotopic (exact) mass is 444 g/mol. The molecule has 1 aromatic rings. The molecule has 5 heteroatoms. The van der Waals surface area contributed by atoms with Gasteiger partial charge in [0.1, 0.15) is 12.4 Å². The van der Waals surface area contributed by atoms with E-state index >= 15 is 0 Å². The fourth-order valence-corrected chi connectivity index (χ4v) is 7.47. The maximum Gasteiger partial charge on any atom is 0.303 e. The van der Waals surface area contributed by atoms with Gasteiger partial charge in [-0.25, -0.2) is 0 Å². The molecule has 0 bridgehead atoms. The molecular formula is C27H40O5. The van der Waals surface area contributed by atoms with Gasteiger partial charge in [0.15, 0.2) is 0 Å². The van der Waals surface area contributed by atoms with Crippen LogP contribution in [0.5, 0.6) is 5.95 Å². The van der Waals surface area contributed by atoms with Crippen LogP contribution in [-0.4, -0.2) is 23.3 Å². The van der Waals surface area contributed by atoms with Crippen molar-refractivity contribution >= 4 is 5.97 Å². The molecule has 4 rings (SSSR count). The molecule has 2 aliphatic carbocycles. The summed E-state index contributed by atoms with van der Waals surface area (Å²) >= 11 is 0. The number of aromatic hydroxyl groups is 1. The highest BCUT2D eigenvalue weighted by Gasteiger charge is 2.58. The minimum atomic E-state index is -0.466. The van der Waals surface area contributed by atoms with Crippen LogP contribution in [0.15, 0.2) is 28.4 Å². The molecule has 178 valence electrons. The van der Waals surface area contributed by atoms with E-state index in [1.165, 1.54) is 50.5 Å². The average molecular weight is 445 g/mol. The van der Waals surface area contributed by atoms with Crippen molar-refractivity contribution in [2.75, 3.05) is 6.61 Å². The third-order valence-corrected chi connectivity index (χ3v) is 8.99. The van der Waals surface area contributed by atoms with Gasteiger partial charge in [-0.1, -0.05) is 33.3 Å². The lowest BCUT2D eigenvalue weighted by Crippen LogP contribution is -2.57. The summed E-state index contributed by atoms with van der Waals surface area (Å²) in [6, 6.07) is 1.51. The highest BCUT2D eigenvalue weighted by atomic mass is 16.5. The first-order valence-corrected chi connectivity index (χ1v) is 12.3. The molecule has 2 saturated carbocycles. The van der Waals surface area contributed by atoms with E-state index in [4.69, 9.17) is 13.9 Å². The molecular weight excluding hydrogens is 404 g/mol. The van der Waals surface area contributed by atoms with Gasteiger partial charge in [-0.2, -0.15) is 0 Å². The minimum absolute atomic E-state index is 0.0695. The van der Waals surface area contributed by atoms with Crippen molar-refractivity contribution in [3.8, 4) is 5.95 Å². The number of esters is 1. The Morgan fingerprint density at radius 3 is 2.69 bits per heavy atom. The first kappa shape index (κ1) is 23.4. The molecule has 2 heterocycles. The van der Waals surface area contributed by atoms with Crippen LogP contribution < -0.4 is 0 Å². The summed E-state index contributed by atoms with van der Waals surface area (Å²) in [7, 11) is 0. The van der Waals surface area contributed by atoms with Gasteiger partial charge >= 0.3 is 5.97 Å². The summed E-state index contributed by atoms with van der Waals surface area (Å²) < 4.78 is 17.2. The number of furan rings is 1. The van der Waals surface area contributed by atoms with Crippen molar-refractivity contribution in [3.63, 3.8) is 0 Å². The second-order valence-corrected chi connectivity index (χ2v) is 11.5. The molecule has 0 aromatic carbocycles. The molecule has 5 atom stereocenters. The Kier molecular flexibility index (Phi) is 6.26. The van der Waals surface area contributed by atoms with Gasteiger partial charge in [-0.05, 0) is 73.7 Å². The van der Waals surface area contributed by atoms with Crippen molar-refractivity contribution in [1.29, 1.82) is 0 Å². The summed E-state index contributed by atoms with van der Waals surface area (Å²) in [6.07, 6.45) is 12.2. The molecule has 32 heavy (non-hydrogen) atoms. The maximum absolute atomic E-state index is 11.6. The lowest BCUT2D eigenvalue weighted by atomic mass is 9.45. The van der Waals surface area contributed by atoms with Gasteiger partial charge in [-0.15, -0.1) is 0 Å². The van der Waals surface area contributed by atoms with Gasteiger partial charge < -0.3 is 19.0 Å². The molecule has 3 fully saturated rings. The van der Waals surface area contributed by atoms with E-state index < -0.39 is 6.10 Å². The molecule has 1 saturated heterocycles. The molecule has 0 amide bonds. The number of rotatable bonds is 4. The largest absolute Gasteiger partial charge is 0.481 e. The smallest absolute Gasteiger partial charge is 0.303 e. The maximum atomic E-state index is 11.6. The van der Waals surface area contributed by atoms with E-state index in [-0.39, 0.29) is 17.5 Å². The van der Waals surface area contributed by atoms with Gasteiger partial charge in [0.05, 0.1) is 12.2 Å². The predicted molar refractivity (Wildman–Crippen MR) is 123 cm³/mol. The molecule has 0 radical (unpaired) electrons. The zero-order chi connectivity index (χ0) is 23.1. The van der Waals surface area contributed by atoms with Crippen molar-refractivity contribution in [2.45, 2.75) is 97.7 Å². The Morgan fingerprint density at radius 1 is 1.22 bits per heavy atom. The predicted octanol–water partition coefficient (Wildman–Crippen LogP) is 6.72. The Bertz CT molecular complexity index is 867. The summed E-state index contributed by atoms with van der Waals surface area (Å²) in [5.41, 5.74) is 2.62. The summed E-state index contributed by atoms with van der Waals surface area (Å²) in [5, 5.41) is 9.55.